The molecule has 0 bridgehead atoms. The maximum Gasteiger partial charge on any atom is 0.410 e. The van der Waals surface area contributed by atoms with Crippen molar-refractivity contribution in [2.24, 2.45) is 0 Å². The van der Waals surface area contributed by atoms with Crippen LogP contribution in [0.15, 0.2) is 12.3 Å². The predicted octanol–water partition coefficient (Wildman–Crippen LogP) is 2.96. The molecule has 0 atom stereocenters. The summed E-state index contributed by atoms with van der Waals surface area (Å²) in [5.74, 6) is 0. The highest BCUT2D eigenvalue weighted by molar-refractivity contribution is 6.28. The van der Waals surface area contributed by atoms with Crippen LogP contribution in [0.1, 0.15) is 39.3 Å². The molecule has 1 aromatic rings. The molecule has 1 saturated heterocycles. The predicted molar refractivity (Wildman–Crippen MR) is 89.3 cm³/mol. The van der Waals surface area contributed by atoms with E-state index < -0.39 is 5.60 Å². The summed E-state index contributed by atoms with van der Waals surface area (Å²) >= 11 is 5.82. The summed E-state index contributed by atoms with van der Waals surface area (Å²) in [4.78, 5) is 24.3. The average molecular weight is 341 g/mol. The Morgan fingerprint density at radius 1 is 1.43 bits per heavy atom. The Morgan fingerprint density at radius 3 is 2.65 bits per heavy atom. The lowest BCUT2D eigenvalue weighted by molar-refractivity contribution is 0.0148. The molecular weight excluding hydrogens is 316 g/mol. The van der Waals surface area contributed by atoms with Crippen molar-refractivity contribution >= 4 is 17.7 Å². The van der Waals surface area contributed by atoms with Crippen LogP contribution in [0.25, 0.3) is 0 Å². The zero-order valence-corrected chi connectivity index (χ0v) is 15.0. The SMILES string of the molecule is CN(C(=O)OC(C)(C)C)C1CCN(Cc2ccnc(Cl)n2)CC1. The standard InChI is InChI=1S/C16H25ClN4O2/c1-16(2,3)23-15(22)20(4)13-6-9-21(10-7-13)11-12-5-8-18-14(17)19-12/h5,8,13H,6-7,9-11H2,1-4H3. The highest BCUT2D eigenvalue weighted by Crippen LogP contribution is 2.19. The molecule has 0 unspecified atom stereocenters. The van der Waals surface area contributed by atoms with Gasteiger partial charge in [0.15, 0.2) is 0 Å². The van der Waals surface area contributed by atoms with Gasteiger partial charge in [-0.05, 0) is 51.3 Å². The van der Waals surface area contributed by atoms with Crippen LogP contribution in [-0.2, 0) is 11.3 Å². The fourth-order valence-corrected chi connectivity index (χ4v) is 2.80. The van der Waals surface area contributed by atoms with E-state index in [1.807, 2.05) is 33.9 Å². The molecule has 1 aliphatic heterocycles. The van der Waals surface area contributed by atoms with Crippen molar-refractivity contribution < 1.29 is 9.53 Å². The van der Waals surface area contributed by atoms with E-state index in [0.29, 0.717) is 0 Å². The van der Waals surface area contributed by atoms with E-state index in [0.717, 1.165) is 38.2 Å². The number of likely N-dealkylation sites (tertiary alicyclic amines) is 1. The van der Waals surface area contributed by atoms with E-state index >= 15 is 0 Å². The number of nitrogens with zero attached hydrogens (tertiary/aromatic N) is 4. The normalized spacial score (nSPS) is 17.1. The Morgan fingerprint density at radius 2 is 2.09 bits per heavy atom. The first-order valence-corrected chi connectivity index (χ1v) is 8.28. The maximum atomic E-state index is 12.1. The second-order valence-corrected chi connectivity index (χ2v) is 7.25. The van der Waals surface area contributed by atoms with Crippen molar-refractivity contribution in [3.63, 3.8) is 0 Å². The number of halogens is 1. The minimum absolute atomic E-state index is 0.218. The zero-order chi connectivity index (χ0) is 17.0. The summed E-state index contributed by atoms with van der Waals surface area (Å²) in [6, 6.07) is 2.10. The third kappa shape index (κ3) is 5.62. The second-order valence-electron chi connectivity index (χ2n) is 6.92. The smallest absolute Gasteiger partial charge is 0.410 e. The number of aromatic nitrogens is 2. The topological polar surface area (TPSA) is 58.6 Å². The van der Waals surface area contributed by atoms with Gasteiger partial charge in [0.25, 0.3) is 0 Å². The number of hydrogen-bond acceptors (Lipinski definition) is 5. The molecule has 0 aromatic carbocycles. The lowest BCUT2D eigenvalue weighted by atomic mass is 10.0. The summed E-state index contributed by atoms with van der Waals surface area (Å²) < 4.78 is 5.43. The first-order chi connectivity index (χ1) is 10.7. The summed E-state index contributed by atoms with van der Waals surface area (Å²) in [6.45, 7) is 8.24. The molecule has 0 N–H and O–H groups in total. The zero-order valence-electron chi connectivity index (χ0n) is 14.3. The molecule has 1 fully saturated rings. The molecule has 128 valence electrons. The van der Waals surface area contributed by atoms with E-state index in [1.165, 1.54) is 0 Å². The highest BCUT2D eigenvalue weighted by atomic mass is 35.5. The lowest BCUT2D eigenvalue weighted by Gasteiger charge is -2.37. The third-order valence-electron chi connectivity index (χ3n) is 3.86. The summed E-state index contributed by atoms with van der Waals surface area (Å²) in [6.07, 6.45) is 3.27. The number of carbonyl (C=O) groups is 1. The molecule has 0 aliphatic carbocycles. The number of rotatable bonds is 3. The Kier molecular flexibility index (Phi) is 5.81. The summed E-state index contributed by atoms with van der Waals surface area (Å²) in [7, 11) is 1.82. The fraction of sp³-hybridized carbons (Fsp3) is 0.688. The van der Waals surface area contributed by atoms with Gasteiger partial charge in [0.1, 0.15) is 5.60 Å². The van der Waals surface area contributed by atoms with Crippen LogP contribution in [0, 0.1) is 0 Å². The number of piperidine rings is 1. The number of hydrogen-bond donors (Lipinski definition) is 0. The fourth-order valence-electron chi connectivity index (χ4n) is 2.63. The van der Waals surface area contributed by atoms with Crippen LogP contribution in [0.2, 0.25) is 5.28 Å². The van der Waals surface area contributed by atoms with Gasteiger partial charge >= 0.3 is 6.09 Å². The quantitative estimate of drug-likeness (QED) is 0.792. The first-order valence-electron chi connectivity index (χ1n) is 7.90. The van der Waals surface area contributed by atoms with Crippen LogP contribution in [0.4, 0.5) is 4.79 Å². The lowest BCUT2D eigenvalue weighted by Crippen LogP contribution is -2.46. The van der Waals surface area contributed by atoms with Gasteiger partial charge in [-0.1, -0.05) is 0 Å². The molecule has 23 heavy (non-hydrogen) atoms. The van der Waals surface area contributed by atoms with Gasteiger partial charge in [0, 0.05) is 38.9 Å². The van der Waals surface area contributed by atoms with Crippen molar-refractivity contribution in [3.8, 4) is 0 Å². The van der Waals surface area contributed by atoms with Gasteiger partial charge < -0.3 is 9.64 Å². The van der Waals surface area contributed by atoms with Crippen molar-refractivity contribution in [2.75, 3.05) is 20.1 Å². The van der Waals surface area contributed by atoms with Crippen molar-refractivity contribution in [3.05, 3.63) is 23.2 Å². The van der Waals surface area contributed by atoms with Gasteiger partial charge in [-0.15, -0.1) is 0 Å². The Labute approximate surface area is 142 Å². The van der Waals surface area contributed by atoms with Gasteiger partial charge in [0.2, 0.25) is 5.28 Å². The highest BCUT2D eigenvalue weighted by Gasteiger charge is 2.28. The molecule has 1 aromatic heterocycles. The van der Waals surface area contributed by atoms with Crippen LogP contribution >= 0.6 is 11.6 Å². The third-order valence-corrected chi connectivity index (χ3v) is 4.04. The summed E-state index contributed by atoms with van der Waals surface area (Å²) in [5, 5.41) is 0.280. The summed E-state index contributed by atoms with van der Waals surface area (Å²) in [5.41, 5.74) is 0.460. The van der Waals surface area contributed by atoms with Crippen molar-refractivity contribution in [2.45, 2.75) is 51.8 Å². The van der Waals surface area contributed by atoms with Crippen molar-refractivity contribution in [1.82, 2.24) is 19.8 Å². The van der Waals surface area contributed by atoms with E-state index in [9.17, 15) is 4.79 Å². The number of carbonyl (C=O) groups excluding carboxylic acids is 1. The molecule has 0 spiro atoms. The monoisotopic (exact) mass is 340 g/mol. The Bertz CT molecular complexity index is 539. The Balaban J connectivity index is 1.82. The van der Waals surface area contributed by atoms with Crippen LogP contribution in [0.3, 0.4) is 0 Å². The average Bonchev–Trinajstić information content (AvgIpc) is 2.45. The molecule has 0 radical (unpaired) electrons. The van der Waals surface area contributed by atoms with Crippen molar-refractivity contribution in [1.29, 1.82) is 0 Å². The van der Waals surface area contributed by atoms with Gasteiger partial charge in [-0.2, -0.15) is 0 Å². The second kappa shape index (κ2) is 7.45. The molecule has 0 saturated carbocycles. The number of ether oxygens (including phenoxy) is 1. The largest absolute Gasteiger partial charge is 0.444 e. The van der Waals surface area contributed by atoms with E-state index in [2.05, 4.69) is 14.9 Å². The molecule has 1 aliphatic rings. The van der Waals surface area contributed by atoms with E-state index in [1.54, 1.807) is 11.1 Å². The van der Waals surface area contributed by atoms with Gasteiger partial charge in [0.05, 0.1) is 5.69 Å². The van der Waals surface area contributed by atoms with E-state index in [-0.39, 0.29) is 17.4 Å². The number of amides is 1. The first kappa shape index (κ1) is 17.9. The van der Waals surface area contributed by atoms with Crippen LogP contribution in [0.5, 0.6) is 0 Å². The minimum Gasteiger partial charge on any atom is -0.444 e. The Hall–Kier alpha value is -1.40. The molecular formula is C16H25ClN4O2. The maximum absolute atomic E-state index is 12.1. The van der Waals surface area contributed by atoms with Crippen LogP contribution < -0.4 is 0 Å². The minimum atomic E-state index is -0.460. The van der Waals surface area contributed by atoms with Gasteiger partial charge in [-0.3, -0.25) is 4.90 Å². The van der Waals surface area contributed by atoms with Gasteiger partial charge in [-0.25, -0.2) is 14.8 Å². The molecule has 2 heterocycles. The molecule has 2 rings (SSSR count). The van der Waals surface area contributed by atoms with Crippen LogP contribution in [-0.4, -0.2) is 57.6 Å². The van der Waals surface area contributed by atoms with E-state index in [4.69, 9.17) is 16.3 Å². The molecule has 1 amide bonds. The molecule has 6 nitrogen and oxygen atoms in total. The molecule has 7 heteroatoms.